The Kier molecular flexibility index (Phi) is 6.12. The molecule has 0 aromatic carbocycles. The number of amides is 1. The predicted molar refractivity (Wildman–Crippen MR) is 79.4 cm³/mol. The summed E-state index contributed by atoms with van der Waals surface area (Å²) in [7, 11) is 0. The van der Waals surface area contributed by atoms with Gasteiger partial charge in [0.2, 0.25) is 5.91 Å². The zero-order valence-electron chi connectivity index (χ0n) is 12.2. The third-order valence-corrected chi connectivity index (χ3v) is 2.52. The Morgan fingerprint density at radius 1 is 1.37 bits per heavy atom. The summed E-state index contributed by atoms with van der Waals surface area (Å²) < 4.78 is 0. The van der Waals surface area contributed by atoms with Gasteiger partial charge in [-0.2, -0.15) is 0 Å². The summed E-state index contributed by atoms with van der Waals surface area (Å²) in [5.41, 5.74) is 0.889. The molecule has 0 aliphatic carbocycles. The number of hydrogen-bond donors (Lipinski definition) is 3. The molecule has 1 unspecified atom stereocenters. The first-order chi connectivity index (χ1) is 9.02. The summed E-state index contributed by atoms with van der Waals surface area (Å²) in [4.78, 5) is 16.0. The number of nitrogens with one attached hydrogen (secondary N) is 3. The summed E-state index contributed by atoms with van der Waals surface area (Å²) >= 11 is 0. The molecule has 1 atom stereocenters. The van der Waals surface area contributed by atoms with Gasteiger partial charge >= 0.3 is 0 Å². The van der Waals surface area contributed by atoms with Crippen molar-refractivity contribution in [2.45, 2.75) is 46.2 Å². The van der Waals surface area contributed by atoms with Gasteiger partial charge in [0.05, 0.1) is 0 Å². The zero-order valence-corrected chi connectivity index (χ0v) is 12.2. The average Bonchev–Trinajstić information content (AvgIpc) is 2.36. The third-order valence-electron chi connectivity index (χ3n) is 2.52. The predicted octanol–water partition coefficient (Wildman–Crippen LogP) is 2.23. The van der Waals surface area contributed by atoms with Crippen molar-refractivity contribution in [2.75, 3.05) is 17.2 Å². The molecule has 106 valence electrons. The van der Waals surface area contributed by atoms with Gasteiger partial charge in [0.1, 0.15) is 11.9 Å². The molecule has 0 saturated heterocycles. The minimum atomic E-state index is -0.274. The normalized spacial score (nSPS) is 12.1. The van der Waals surface area contributed by atoms with E-state index in [-0.39, 0.29) is 18.0 Å². The monoisotopic (exact) mass is 264 g/mol. The maximum absolute atomic E-state index is 11.8. The highest BCUT2D eigenvalue weighted by molar-refractivity contribution is 5.84. The smallest absolute Gasteiger partial charge is 0.242 e. The van der Waals surface area contributed by atoms with E-state index in [1.807, 2.05) is 32.9 Å². The van der Waals surface area contributed by atoms with Gasteiger partial charge in [-0.25, -0.2) is 4.98 Å². The first kappa shape index (κ1) is 15.3. The largest absolute Gasteiger partial charge is 0.374 e. The van der Waals surface area contributed by atoms with E-state index in [1.165, 1.54) is 0 Å². The SMILES string of the molecule is CCCNc1cc(NC(C)C(=O)NC(C)C)ccn1. The Morgan fingerprint density at radius 2 is 2.11 bits per heavy atom. The standard InChI is InChI=1S/C14H24N4O/c1-5-7-15-13-9-12(6-8-16-13)18-11(4)14(19)17-10(2)3/h6,8-11H,5,7H2,1-4H3,(H,17,19)(H2,15,16,18). The first-order valence-electron chi connectivity index (χ1n) is 6.79. The molecule has 19 heavy (non-hydrogen) atoms. The van der Waals surface area contributed by atoms with Gasteiger partial charge < -0.3 is 16.0 Å². The quantitative estimate of drug-likeness (QED) is 0.706. The minimum absolute atomic E-state index is 0.00474. The van der Waals surface area contributed by atoms with Crippen LogP contribution in [0.25, 0.3) is 0 Å². The maximum Gasteiger partial charge on any atom is 0.242 e. The number of carbonyl (C=O) groups excluding carboxylic acids is 1. The molecule has 0 spiro atoms. The number of aromatic nitrogens is 1. The van der Waals surface area contributed by atoms with E-state index in [9.17, 15) is 4.79 Å². The number of rotatable bonds is 7. The summed E-state index contributed by atoms with van der Waals surface area (Å²) in [5, 5.41) is 9.27. The van der Waals surface area contributed by atoms with Gasteiger partial charge in [-0.3, -0.25) is 4.79 Å². The number of anilines is 2. The summed E-state index contributed by atoms with van der Waals surface area (Å²) in [5.74, 6) is 0.818. The van der Waals surface area contributed by atoms with Gasteiger partial charge in [-0.05, 0) is 33.3 Å². The summed E-state index contributed by atoms with van der Waals surface area (Å²) in [6.45, 7) is 8.73. The van der Waals surface area contributed by atoms with Gasteiger partial charge in [0.25, 0.3) is 0 Å². The van der Waals surface area contributed by atoms with Gasteiger partial charge in [-0.15, -0.1) is 0 Å². The molecule has 0 aliphatic rings. The van der Waals surface area contributed by atoms with Gasteiger partial charge in [-0.1, -0.05) is 6.92 Å². The molecule has 5 heteroatoms. The number of pyridine rings is 1. The van der Waals surface area contributed by atoms with Crippen LogP contribution < -0.4 is 16.0 Å². The van der Waals surface area contributed by atoms with Crippen molar-refractivity contribution in [3.63, 3.8) is 0 Å². The number of carbonyl (C=O) groups is 1. The fourth-order valence-electron chi connectivity index (χ4n) is 1.60. The van der Waals surface area contributed by atoms with Crippen LogP contribution in [-0.4, -0.2) is 29.5 Å². The molecular weight excluding hydrogens is 240 g/mol. The van der Waals surface area contributed by atoms with Crippen molar-refractivity contribution in [1.29, 1.82) is 0 Å². The second-order valence-electron chi connectivity index (χ2n) is 4.89. The minimum Gasteiger partial charge on any atom is -0.374 e. The molecule has 1 heterocycles. The van der Waals surface area contributed by atoms with E-state index >= 15 is 0 Å². The van der Waals surface area contributed by atoms with Crippen LogP contribution in [0.2, 0.25) is 0 Å². The molecule has 0 saturated carbocycles. The number of hydrogen-bond acceptors (Lipinski definition) is 4. The van der Waals surface area contributed by atoms with E-state index in [0.717, 1.165) is 24.5 Å². The second kappa shape index (κ2) is 7.61. The topological polar surface area (TPSA) is 66.0 Å². The first-order valence-corrected chi connectivity index (χ1v) is 6.79. The van der Waals surface area contributed by atoms with E-state index in [4.69, 9.17) is 0 Å². The Balaban J connectivity index is 2.58. The van der Waals surface area contributed by atoms with Crippen molar-refractivity contribution >= 4 is 17.4 Å². The van der Waals surface area contributed by atoms with E-state index in [0.29, 0.717) is 0 Å². The molecule has 0 aliphatic heterocycles. The number of nitrogens with zero attached hydrogens (tertiary/aromatic N) is 1. The lowest BCUT2D eigenvalue weighted by Gasteiger charge is -2.17. The molecule has 0 fully saturated rings. The van der Waals surface area contributed by atoms with E-state index in [2.05, 4.69) is 27.9 Å². The van der Waals surface area contributed by atoms with Crippen LogP contribution in [0.5, 0.6) is 0 Å². The zero-order chi connectivity index (χ0) is 14.3. The molecule has 3 N–H and O–H groups in total. The maximum atomic E-state index is 11.8. The van der Waals surface area contributed by atoms with Crippen LogP contribution in [0.4, 0.5) is 11.5 Å². The average molecular weight is 264 g/mol. The van der Waals surface area contributed by atoms with Gasteiger partial charge in [0.15, 0.2) is 0 Å². The highest BCUT2D eigenvalue weighted by atomic mass is 16.2. The lowest BCUT2D eigenvalue weighted by atomic mass is 10.2. The summed E-state index contributed by atoms with van der Waals surface area (Å²) in [6.07, 6.45) is 2.78. The fourth-order valence-corrected chi connectivity index (χ4v) is 1.60. The Morgan fingerprint density at radius 3 is 2.74 bits per heavy atom. The molecule has 1 rings (SSSR count). The molecule has 1 aromatic heterocycles. The molecule has 0 radical (unpaired) electrons. The van der Waals surface area contributed by atoms with Crippen LogP contribution >= 0.6 is 0 Å². The van der Waals surface area contributed by atoms with Gasteiger partial charge in [0, 0.05) is 30.5 Å². The highest BCUT2D eigenvalue weighted by Crippen LogP contribution is 2.13. The second-order valence-corrected chi connectivity index (χ2v) is 4.89. The highest BCUT2D eigenvalue weighted by Gasteiger charge is 2.13. The lowest BCUT2D eigenvalue weighted by Crippen LogP contribution is -2.40. The van der Waals surface area contributed by atoms with Crippen molar-refractivity contribution in [1.82, 2.24) is 10.3 Å². The van der Waals surface area contributed by atoms with Crippen LogP contribution in [0.15, 0.2) is 18.3 Å². The Labute approximate surface area is 115 Å². The van der Waals surface area contributed by atoms with Crippen molar-refractivity contribution < 1.29 is 4.79 Å². The molecule has 1 aromatic rings. The van der Waals surface area contributed by atoms with Crippen LogP contribution in [0, 0.1) is 0 Å². The Hall–Kier alpha value is -1.78. The van der Waals surface area contributed by atoms with E-state index < -0.39 is 0 Å². The van der Waals surface area contributed by atoms with Crippen LogP contribution in [-0.2, 0) is 4.79 Å². The van der Waals surface area contributed by atoms with Crippen LogP contribution in [0.1, 0.15) is 34.1 Å². The lowest BCUT2D eigenvalue weighted by molar-refractivity contribution is -0.122. The molecule has 0 bridgehead atoms. The molecule has 5 nitrogen and oxygen atoms in total. The molecular formula is C14H24N4O. The van der Waals surface area contributed by atoms with Crippen LogP contribution in [0.3, 0.4) is 0 Å². The third kappa shape index (κ3) is 5.59. The van der Waals surface area contributed by atoms with Crippen molar-refractivity contribution in [3.8, 4) is 0 Å². The fraction of sp³-hybridized carbons (Fsp3) is 0.571. The molecule has 1 amide bonds. The van der Waals surface area contributed by atoms with E-state index in [1.54, 1.807) is 6.20 Å². The van der Waals surface area contributed by atoms with Crippen molar-refractivity contribution in [2.24, 2.45) is 0 Å². The summed E-state index contributed by atoms with van der Waals surface area (Å²) in [6, 6.07) is 3.64. The van der Waals surface area contributed by atoms with Crippen molar-refractivity contribution in [3.05, 3.63) is 18.3 Å². The Bertz CT molecular complexity index is 406.